The molecule has 0 bridgehead atoms. The molecule has 0 radical (unpaired) electrons. The average Bonchev–Trinajstić information content (AvgIpc) is 2.67. The minimum atomic E-state index is -0.273. The first-order chi connectivity index (χ1) is 14.5. The number of amides is 2. The van der Waals surface area contributed by atoms with Crippen LogP contribution in [0.5, 0.6) is 11.5 Å². The molecule has 2 amide bonds. The summed E-state index contributed by atoms with van der Waals surface area (Å²) in [5.74, 6) is 1.46. The Balaban J connectivity index is 1.83. The van der Waals surface area contributed by atoms with E-state index in [2.05, 4.69) is 17.1 Å². The maximum atomic E-state index is 12.7. The molecule has 1 aromatic rings. The molecule has 0 unspecified atom stereocenters. The fourth-order valence-corrected chi connectivity index (χ4v) is 3.68. The number of piperazine rings is 1. The van der Waals surface area contributed by atoms with E-state index in [1.807, 2.05) is 37.8 Å². The fourth-order valence-electron chi connectivity index (χ4n) is 3.68. The Hall–Kier alpha value is -2.32. The van der Waals surface area contributed by atoms with E-state index in [1.54, 1.807) is 26.2 Å². The van der Waals surface area contributed by atoms with Crippen molar-refractivity contribution in [2.24, 2.45) is 0 Å². The Labute approximate surface area is 186 Å². The Bertz CT molecular complexity index is 768. The average molecular weight is 435 g/mol. The predicted molar refractivity (Wildman–Crippen MR) is 122 cm³/mol. The largest absolute Gasteiger partial charge is 0.493 e. The number of ether oxygens (including phenoxy) is 2. The number of nitrogens with zero attached hydrogens (tertiary/aromatic N) is 3. The molecule has 1 aliphatic heterocycles. The van der Waals surface area contributed by atoms with Gasteiger partial charge in [-0.1, -0.05) is 0 Å². The van der Waals surface area contributed by atoms with Crippen molar-refractivity contribution in [1.29, 1.82) is 0 Å². The number of nitrogens with one attached hydrogen (secondary N) is 1. The van der Waals surface area contributed by atoms with Crippen molar-refractivity contribution in [3.05, 3.63) is 23.3 Å². The highest BCUT2D eigenvalue weighted by Crippen LogP contribution is 2.31. The van der Waals surface area contributed by atoms with Gasteiger partial charge in [0.1, 0.15) is 0 Å². The van der Waals surface area contributed by atoms with Crippen LogP contribution in [0, 0.1) is 6.92 Å². The van der Waals surface area contributed by atoms with Crippen molar-refractivity contribution in [2.45, 2.75) is 39.8 Å². The molecule has 1 fully saturated rings. The molecule has 1 aromatic carbocycles. The van der Waals surface area contributed by atoms with Crippen molar-refractivity contribution < 1.29 is 19.1 Å². The van der Waals surface area contributed by atoms with Gasteiger partial charge in [-0.3, -0.25) is 19.4 Å². The van der Waals surface area contributed by atoms with E-state index in [-0.39, 0.29) is 30.4 Å². The molecule has 8 nitrogen and oxygen atoms in total. The third-order valence-corrected chi connectivity index (χ3v) is 5.29. The summed E-state index contributed by atoms with van der Waals surface area (Å²) < 4.78 is 10.8. The lowest BCUT2D eigenvalue weighted by Gasteiger charge is -2.35. The topological polar surface area (TPSA) is 74.4 Å². The van der Waals surface area contributed by atoms with Crippen LogP contribution in [-0.2, 0) is 16.1 Å². The minimum absolute atomic E-state index is 0.0630. The van der Waals surface area contributed by atoms with E-state index in [0.717, 1.165) is 36.7 Å². The number of methoxy groups -OCH3 is 2. The summed E-state index contributed by atoms with van der Waals surface area (Å²) in [6.45, 7) is 12.2. The number of hydrogen-bond donors (Lipinski definition) is 1. The maximum absolute atomic E-state index is 12.7. The highest BCUT2D eigenvalue weighted by Gasteiger charge is 2.24. The lowest BCUT2D eigenvalue weighted by atomic mass is 10.1. The summed E-state index contributed by atoms with van der Waals surface area (Å²) in [5, 5.41) is 2.92. The lowest BCUT2D eigenvalue weighted by molar-refractivity contribution is -0.134. The van der Waals surface area contributed by atoms with Crippen LogP contribution in [0.15, 0.2) is 12.1 Å². The van der Waals surface area contributed by atoms with Gasteiger partial charge in [-0.25, -0.2) is 0 Å². The molecule has 2 rings (SSSR count). The monoisotopic (exact) mass is 434 g/mol. The summed E-state index contributed by atoms with van der Waals surface area (Å²) in [7, 11) is 5.09. The van der Waals surface area contributed by atoms with Gasteiger partial charge in [-0.05, 0) is 58.0 Å². The molecular weight excluding hydrogens is 396 g/mol. The van der Waals surface area contributed by atoms with Crippen LogP contribution in [0.3, 0.4) is 0 Å². The first-order valence-corrected chi connectivity index (χ1v) is 10.7. The number of carbonyl (C=O) groups is 2. The highest BCUT2D eigenvalue weighted by atomic mass is 16.5. The zero-order chi connectivity index (χ0) is 23.2. The van der Waals surface area contributed by atoms with Crippen LogP contribution >= 0.6 is 0 Å². The van der Waals surface area contributed by atoms with E-state index in [1.165, 1.54) is 5.56 Å². The zero-order valence-electron chi connectivity index (χ0n) is 20.1. The molecule has 1 N–H and O–H groups in total. The fraction of sp³-hybridized carbons (Fsp3) is 0.652. The highest BCUT2D eigenvalue weighted by molar-refractivity contribution is 5.81. The zero-order valence-corrected chi connectivity index (χ0v) is 20.1. The molecule has 1 saturated heterocycles. The third-order valence-electron chi connectivity index (χ3n) is 5.29. The van der Waals surface area contributed by atoms with Crippen molar-refractivity contribution in [1.82, 2.24) is 20.0 Å². The Morgan fingerprint density at radius 2 is 1.61 bits per heavy atom. The third kappa shape index (κ3) is 7.70. The number of rotatable bonds is 8. The van der Waals surface area contributed by atoms with Gasteiger partial charge < -0.3 is 19.7 Å². The Morgan fingerprint density at radius 3 is 2.16 bits per heavy atom. The number of benzene rings is 1. The normalized spacial score (nSPS) is 15.2. The van der Waals surface area contributed by atoms with Gasteiger partial charge in [0.05, 0.1) is 27.3 Å². The van der Waals surface area contributed by atoms with Crippen LogP contribution in [0.2, 0.25) is 0 Å². The van der Waals surface area contributed by atoms with Crippen LogP contribution in [0.25, 0.3) is 0 Å². The number of carbonyl (C=O) groups excluding carboxylic acids is 2. The number of aryl methyl sites for hydroxylation is 1. The second kappa shape index (κ2) is 10.8. The summed E-state index contributed by atoms with van der Waals surface area (Å²) in [5.41, 5.74) is 2.08. The predicted octanol–water partition coefficient (Wildman–Crippen LogP) is 1.50. The molecule has 8 heteroatoms. The quantitative estimate of drug-likeness (QED) is 0.669. The van der Waals surface area contributed by atoms with Crippen LogP contribution in [0.1, 0.15) is 31.9 Å². The van der Waals surface area contributed by atoms with E-state index in [4.69, 9.17) is 9.47 Å². The van der Waals surface area contributed by atoms with Crippen molar-refractivity contribution in [3.8, 4) is 11.5 Å². The van der Waals surface area contributed by atoms with Gasteiger partial charge in [-0.15, -0.1) is 0 Å². The van der Waals surface area contributed by atoms with Gasteiger partial charge in [0.25, 0.3) is 0 Å². The van der Waals surface area contributed by atoms with E-state index in [9.17, 15) is 9.59 Å². The second-order valence-corrected chi connectivity index (χ2v) is 9.26. The minimum Gasteiger partial charge on any atom is -0.493 e. The van der Waals surface area contributed by atoms with Gasteiger partial charge in [0.2, 0.25) is 11.8 Å². The molecule has 31 heavy (non-hydrogen) atoms. The van der Waals surface area contributed by atoms with E-state index in [0.29, 0.717) is 13.1 Å². The molecule has 0 aliphatic carbocycles. The summed E-state index contributed by atoms with van der Waals surface area (Å²) in [4.78, 5) is 30.7. The molecule has 174 valence electrons. The van der Waals surface area contributed by atoms with Crippen molar-refractivity contribution in [2.75, 3.05) is 60.5 Å². The second-order valence-electron chi connectivity index (χ2n) is 9.26. The molecule has 0 saturated carbocycles. The standard InChI is InChI=1S/C23H38N4O4/c1-17-12-19(30-6)20(31-7)13-18(17)14-26-8-10-27(11-9-26)22(29)16-25(5)15-21(28)24-23(2,3)4/h12-13H,8-11,14-16H2,1-7H3,(H,24,28). The van der Waals surface area contributed by atoms with Crippen LogP contribution < -0.4 is 14.8 Å². The Kier molecular flexibility index (Phi) is 8.70. The smallest absolute Gasteiger partial charge is 0.236 e. The molecule has 0 atom stereocenters. The van der Waals surface area contributed by atoms with Crippen LogP contribution in [0.4, 0.5) is 0 Å². The van der Waals surface area contributed by atoms with E-state index >= 15 is 0 Å². The van der Waals surface area contributed by atoms with Gasteiger partial charge in [0.15, 0.2) is 11.5 Å². The SMILES string of the molecule is COc1cc(C)c(CN2CCN(C(=O)CN(C)CC(=O)NC(C)(C)C)CC2)cc1OC. The first-order valence-electron chi connectivity index (χ1n) is 10.7. The molecule has 0 spiro atoms. The van der Waals surface area contributed by atoms with Gasteiger partial charge in [-0.2, -0.15) is 0 Å². The van der Waals surface area contributed by atoms with Gasteiger partial charge in [0, 0.05) is 38.3 Å². The number of hydrogen-bond acceptors (Lipinski definition) is 6. The van der Waals surface area contributed by atoms with Crippen LogP contribution in [-0.4, -0.2) is 92.6 Å². The summed E-state index contributed by atoms with van der Waals surface area (Å²) in [6, 6.07) is 4.03. The summed E-state index contributed by atoms with van der Waals surface area (Å²) in [6.07, 6.45) is 0. The number of likely N-dealkylation sites (N-methyl/N-ethyl adjacent to an activating group) is 1. The molecule has 1 aliphatic rings. The van der Waals surface area contributed by atoms with E-state index < -0.39 is 0 Å². The lowest BCUT2D eigenvalue weighted by Crippen LogP contribution is -2.51. The van der Waals surface area contributed by atoms with Crippen molar-refractivity contribution in [3.63, 3.8) is 0 Å². The molecule has 1 heterocycles. The molecule has 0 aromatic heterocycles. The van der Waals surface area contributed by atoms with Crippen molar-refractivity contribution >= 4 is 11.8 Å². The maximum Gasteiger partial charge on any atom is 0.236 e. The first kappa shape index (κ1) is 24.9. The molecular formula is C23H38N4O4. The van der Waals surface area contributed by atoms with Gasteiger partial charge >= 0.3 is 0 Å². The summed E-state index contributed by atoms with van der Waals surface area (Å²) >= 11 is 0. The Morgan fingerprint density at radius 1 is 1.03 bits per heavy atom.